The van der Waals surface area contributed by atoms with Crippen LogP contribution in [0.1, 0.15) is 101 Å². The van der Waals surface area contributed by atoms with Gasteiger partial charge < -0.3 is 4.74 Å². The molecule has 1 unspecified atom stereocenters. The van der Waals surface area contributed by atoms with Crippen molar-refractivity contribution in [1.82, 2.24) is 4.98 Å². The van der Waals surface area contributed by atoms with Crippen molar-refractivity contribution in [3.63, 3.8) is 0 Å². The van der Waals surface area contributed by atoms with Crippen LogP contribution in [0.15, 0.2) is 42.6 Å². The molecule has 0 N–H and O–H groups in total. The van der Waals surface area contributed by atoms with Crippen LogP contribution < -0.4 is 4.74 Å². The van der Waals surface area contributed by atoms with Crippen LogP contribution in [-0.2, 0) is 6.42 Å². The first-order valence-electron chi connectivity index (χ1n) is 11.4. The number of aromatic nitrogens is 1. The van der Waals surface area contributed by atoms with Crippen LogP contribution in [0.25, 0.3) is 0 Å². The fraction of sp³-hybridized carbons (Fsp3) is 0.577. The van der Waals surface area contributed by atoms with Crippen molar-refractivity contribution in [3.05, 3.63) is 59.4 Å². The highest BCUT2D eigenvalue weighted by atomic mass is 16.5. The minimum absolute atomic E-state index is 0.352. The predicted octanol–water partition coefficient (Wildman–Crippen LogP) is 7.71. The van der Waals surface area contributed by atoms with Crippen molar-refractivity contribution in [2.75, 3.05) is 6.61 Å². The molecule has 1 heterocycles. The molecule has 154 valence electrons. The summed E-state index contributed by atoms with van der Waals surface area (Å²) in [5, 5.41) is 0. The number of aryl methyl sites for hydroxylation is 1. The molecule has 0 saturated heterocycles. The Balaban J connectivity index is 1.79. The number of rotatable bonds is 14. The third-order valence-electron chi connectivity index (χ3n) is 5.53. The molecule has 0 aliphatic carbocycles. The van der Waals surface area contributed by atoms with Crippen molar-refractivity contribution >= 4 is 0 Å². The van der Waals surface area contributed by atoms with E-state index < -0.39 is 0 Å². The largest absolute Gasteiger partial charge is 0.494 e. The maximum Gasteiger partial charge on any atom is 0.119 e. The third-order valence-corrected chi connectivity index (χ3v) is 5.53. The monoisotopic (exact) mass is 381 g/mol. The fourth-order valence-corrected chi connectivity index (χ4v) is 3.51. The standard InChI is InChI=1S/C26H39NO/c1-4-6-8-10-11-13-25-17-14-24(21-27-25)22(3)23-15-18-26(19-16-23)28-20-12-9-7-5-2/h14-19,21-22H,4-13,20H2,1-3H3. The van der Waals surface area contributed by atoms with E-state index >= 15 is 0 Å². The molecule has 0 spiro atoms. The molecule has 0 saturated carbocycles. The Morgan fingerprint density at radius 3 is 2.04 bits per heavy atom. The summed E-state index contributed by atoms with van der Waals surface area (Å²) in [6.07, 6.45) is 14.7. The highest BCUT2D eigenvalue weighted by Crippen LogP contribution is 2.25. The van der Waals surface area contributed by atoms with E-state index in [0.29, 0.717) is 5.92 Å². The van der Waals surface area contributed by atoms with Crippen molar-refractivity contribution in [2.45, 2.75) is 90.9 Å². The highest BCUT2D eigenvalue weighted by molar-refractivity contribution is 5.34. The van der Waals surface area contributed by atoms with Gasteiger partial charge in [-0.3, -0.25) is 4.98 Å². The van der Waals surface area contributed by atoms with Crippen LogP contribution >= 0.6 is 0 Å². The van der Waals surface area contributed by atoms with Gasteiger partial charge in [0.05, 0.1) is 6.61 Å². The summed E-state index contributed by atoms with van der Waals surface area (Å²) < 4.78 is 5.86. The fourth-order valence-electron chi connectivity index (χ4n) is 3.51. The van der Waals surface area contributed by atoms with Gasteiger partial charge in [0.15, 0.2) is 0 Å². The minimum Gasteiger partial charge on any atom is -0.494 e. The lowest BCUT2D eigenvalue weighted by molar-refractivity contribution is 0.305. The molecule has 2 heteroatoms. The summed E-state index contributed by atoms with van der Waals surface area (Å²) >= 11 is 0. The first-order chi connectivity index (χ1) is 13.7. The maximum atomic E-state index is 5.86. The number of hydrogen-bond donors (Lipinski definition) is 0. The van der Waals surface area contributed by atoms with Gasteiger partial charge in [-0.2, -0.15) is 0 Å². The van der Waals surface area contributed by atoms with E-state index in [0.717, 1.165) is 25.2 Å². The van der Waals surface area contributed by atoms with Crippen molar-refractivity contribution < 1.29 is 4.74 Å². The second-order valence-electron chi connectivity index (χ2n) is 7.95. The topological polar surface area (TPSA) is 22.1 Å². The van der Waals surface area contributed by atoms with Gasteiger partial charge in [0.25, 0.3) is 0 Å². The molecule has 0 radical (unpaired) electrons. The van der Waals surface area contributed by atoms with E-state index in [1.807, 2.05) is 0 Å². The SMILES string of the molecule is CCCCCCCc1ccc(C(C)c2ccc(OCCCCCC)cc2)cn1. The van der Waals surface area contributed by atoms with E-state index in [1.54, 1.807) is 0 Å². The summed E-state index contributed by atoms with van der Waals surface area (Å²) in [6.45, 7) is 7.57. The predicted molar refractivity (Wildman–Crippen MR) is 120 cm³/mol. The van der Waals surface area contributed by atoms with Crippen molar-refractivity contribution in [1.29, 1.82) is 0 Å². The molecular formula is C26H39NO. The summed E-state index contributed by atoms with van der Waals surface area (Å²) in [6, 6.07) is 13.0. The van der Waals surface area contributed by atoms with Crippen molar-refractivity contribution in [2.24, 2.45) is 0 Å². The molecule has 0 aliphatic heterocycles. The Morgan fingerprint density at radius 1 is 0.750 bits per heavy atom. The number of ether oxygens (including phenoxy) is 1. The lowest BCUT2D eigenvalue weighted by atomic mass is 9.94. The molecule has 2 rings (SSSR count). The number of nitrogens with zero attached hydrogens (tertiary/aromatic N) is 1. The van der Waals surface area contributed by atoms with Gasteiger partial charge >= 0.3 is 0 Å². The highest BCUT2D eigenvalue weighted by Gasteiger charge is 2.09. The second-order valence-corrected chi connectivity index (χ2v) is 7.95. The molecule has 1 atom stereocenters. The lowest BCUT2D eigenvalue weighted by Gasteiger charge is -2.14. The van der Waals surface area contributed by atoms with Crippen LogP contribution in [0.3, 0.4) is 0 Å². The van der Waals surface area contributed by atoms with Crippen LogP contribution in [0, 0.1) is 0 Å². The zero-order valence-corrected chi connectivity index (χ0v) is 18.3. The Kier molecular flexibility index (Phi) is 10.7. The second kappa shape index (κ2) is 13.4. The van der Waals surface area contributed by atoms with Gasteiger partial charge in [0.2, 0.25) is 0 Å². The first-order valence-corrected chi connectivity index (χ1v) is 11.4. The Bertz CT molecular complexity index is 575. The van der Waals surface area contributed by atoms with Gasteiger partial charge in [-0.25, -0.2) is 0 Å². The molecule has 0 fully saturated rings. The number of benzene rings is 1. The van der Waals surface area contributed by atoms with Crippen LogP contribution in [0.5, 0.6) is 5.75 Å². The van der Waals surface area contributed by atoms with Crippen LogP contribution in [0.2, 0.25) is 0 Å². The average molecular weight is 382 g/mol. The number of pyridine rings is 1. The molecule has 28 heavy (non-hydrogen) atoms. The molecule has 1 aromatic carbocycles. The van der Waals surface area contributed by atoms with Crippen LogP contribution in [-0.4, -0.2) is 11.6 Å². The molecule has 2 nitrogen and oxygen atoms in total. The smallest absolute Gasteiger partial charge is 0.119 e. The summed E-state index contributed by atoms with van der Waals surface area (Å²) in [5.41, 5.74) is 3.81. The van der Waals surface area contributed by atoms with Gasteiger partial charge in [0, 0.05) is 17.8 Å². The summed E-state index contributed by atoms with van der Waals surface area (Å²) in [7, 11) is 0. The van der Waals surface area contributed by atoms with Crippen LogP contribution in [0.4, 0.5) is 0 Å². The Morgan fingerprint density at radius 2 is 1.39 bits per heavy atom. The quantitative estimate of drug-likeness (QED) is 0.313. The van der Waals surface area contributed by atoms with Gasteiger partial charge in [0.1, 0.15) is 5.75 Å². The van der Waals surface area contributed by atoms with Gasteiger partial charge in [-0.15, -0.1) is 0 Å². The molecule has 2 aromatic rings. The maximum absolute atomic E-state index is 5.86. The Hall–Kier alpha value is -1.83. The summed E-state index contributed by atoms with van der Waals surface area (Å²) in [5.74, 6) is 1.33. The molecule has 1 aromatic heterocycles. The van der Waals surface area contributed by atoms with Gasteiger partial charge in [-0.05, 0) is 48.6 Å². The number of unbranched alkanes of at least 4 members (excludes halogenated alkanes) is 7. The first kappa shape index (κ1) is 22.5. The Labute approximate surface area is 172 Å². The van der Waals surface area contributed by atoms with Crippen molar-refractivity contribution in [3.8, 4) is 5.75 Å². The number of hydrogen-bond acceptors (Lipinski definition) is 2. The zero-order chi connectivity index (χ0) is 20.0. The minimum atomic E-state index is 0.352. The van der Waals surface area contributed by atoms with E-state index in [1.165, 1.54) is 68.2 Å². The molecule has 0 aliphatic rings. The zero-order valence-electron chi connectivity index (χ0n) is 18.3. The van der Waals surface area contributed by atoms with Gasteiger partial charge in [-0.1, -0.05) is 83.9 Å². The molecule has 0 amide bonds. The summed E-state index contributed by atoms with van der Waals surface area (Å²) in [4.78, 5) is 4.70. The van der Waals surface area contributed by atoms with E-state index in [9.17, 15) is 0 Å². The lowest BCUT2D eigenvalue weighted by Crippen LogP contribution is -2.00. The third kappa shape index (κ3) is 8.04. The van der Waals surface area contributed by atoms with E-state index in [2.05, 4.69) is 63.4 Å². The average Bonchev–Trinajstić information content (AvgIpc) is 2.74. The molecular weight excluding hydrogens is 342 g/mol. The van der Waals surface area contributed by atoms with E-state index in [-0.39, 0.29) is 0 Å². The molecule has 0 bridgehead atoms. The normalized spacial score (nSPS) is 12.1. The van der Waals surface area contributed by atoms with E-state index in [4.69, 9.17) is 9.72 Å².